The third kappa shape index (κ3) is 3.51. The topological polar surface area (TPSA) is 38.1 Å². The first kappa shape index (κ1) is 23.2. The Morgan fingerprint density at radius 2 is 1.92 bits per heavy atom. The quantitative estimate of drug-likeness (QED) is 0.243. The fraction of sp³-hybridized carbons (Fsp3) is 0.200. The maximum atomic E-state index is 15.8. The van der Waals surface area contributed by atoms with Crippen molar-refractivity contribution in [2.24, 2.45) is 0 Å². The lowest BCUT2D eigenvalue weighted by Crippen LogP contribution is -2.51. The molecule has 1 aliphatic carbocycles. The number of rotatable bonds is 2. The summed E-state index contributed by atoms with van der Waals surface area (Å²) in [5.41, 5.74) is 6.46. The monoisotopic (exact) mass is 494 g/mol. The fourth-order valence-electron chi connectivity index (χ4n) is 5.85. The molecule has 0 saturated carbocycles. The molecule has 0 fully saturated rings. The van der Waals surface area contributed by atoms with E-state index in [4.69, 9.17) is 4.42 Å². The van der Waals surface area contributed by atoms with Gasteiger partial charge in [-0.1, -0.05) is 17.9 Å². The number of benzene rings is 1. The van der Waals surface area contributed by atoms with Gasteiger partial charge in [0, 0.05) is 35.2 Å². The van der Waals surface area contributed by atoms with Crippen molar-refractivity contribution in [2.75, 3.05) is 0 Å². The second-order valence-corrected chi connectivity index (χ2v) is 9.96. The Hall–Kier alpha value is -4.18. The highest BCUT2D eigenvalue weighted by Crippen LogP contribution is 2.42. The highest BCUT2D eigenvalue weighted by molar-refractivity contribution is 6.58. The predicted octanol–water partition coefficient (Wildman–Crippen LogP) is 6.16. The first-order valence-electron chi connectivity index (χ1n) is 12.4. The van der Waals surface area contributed by atoms with Crippen LogP contribution in [-0.4, -0.2) is 21.6 Å². The zero-order valence-corrected chi connectivity index (χ0v) is 21.2. The first-order valence-corrected chi connectivity index (χ1v) is 12.4. The molecule has 37 heavy (non-hydrogen) atoms. The summed E-state index contributed by atoms with van der Waals surface area (Å²) in [6, 6.07) is 7.43. The molecule has 0 unspecified atom stereocenters. The van der Waals surface area contributed by atoms with Crippen LogP contribution in [0.3, 0.4) is 0 Å². The lowest BCUT2D eigenvalue weighted by molar-refractivity contribution is -0.363. The lowest BCUT2D eigenvalue weighted by atomic mass is 9.86. The van der Waals surface area contributed by atoms with Crippen LogP contribution in [0.25, 0.3) is 22.6 Å². The second kappa shape index (κ2) is 8.17. The lowest BCUT2D eigenvalue weighted by Gasteiger charge is -2.33. The fourth-order valence-corrected chi connectivity index (χ4v) is 5.85. The molecule has 1 aromatic carbocycles. The Balaban J connectivity index is 1.52. The molecule has 4 nitrogen and oxygen atoms in total. The standard InChI is InChI=1S/C30H25BF2N2O2/c1-18-13-20(3)34-28(18)26(29-19(2)14-21(4)35(29)31(34,32)33)12-11-24-16-25-15-22-9-7-5-6-8-10-23(22)17-27(25)37-30(24)36/h5-6,11-17H,7,9H2,1-4H3. The number of hydrogen-bond acceptors (Lipinski definition) is 2. The summed E-state index contributed by atoms with van der Waals surface area (Å²) in [5.74, 6) is 6.12. The summed E-state index contributed by atoms with van der Waals surface area (Å²) >= 11 is 0. The van der Waals surface area contributed by atoms with E-state index in [1.807, 2.05) is 38.1 Å². The van der Waals surface area contributed by atoms with Crippen molar-refractivity contribution in [1.82, 2.24) is 4.48 Å². The van der Waals surface area contributed by atoms with Gasteiger partial charge in [0.2, 0.25) is 0 Å². The predicted molar refractivity (Wildman–Crippen MR) is 145 cm³/mol. The number of halogens is 2. The summed E-state index contributed by atoms with van der Waals surface area (Å²) in [7, 11) is 0. The van der Waals surface area contributed by atoms with E-state index < -0.39 is 12.6 Å². The summed E-state index contributed by atoms with van der Waals surface area (Å²) in [6.07, 6.45) is 10.9. The van der Waals surface area contributed by atoms with E-state index in [9.17, 15) is 4.79 Å². The molecule has 0 N–H and O–H groups in total. The number of allylic oxidation sites excluding steroid dienone is 6. The molecule has 0 atom stereocenters. The van der Waals surface area contributed by atoms with E-state index in [2.05, 4.69) is 11.8 Å². The van der Waals surface area contributed by atoms with Crippen molar-refractivity contribution >= 4 is 35.3 Å². The molecule has 0 bridgehead atoms. The van der Waals surface area contributed by atoms with Gasteiger partial charge >= 0.3 is 12.6 Å². The molecule has 3 aromatic rings. The Morgan fingerprint density at radius 1 is 1.11 bits per heavy atom. The first-order chi connectivity index (χ1) is 17.7. The minimum absolute atomic E-state index is 0.361. The van der Waals surface area contributed by atoms with Gasteiger partial charge in [0.1, 0.15) is 11.3 Å². The molecular weight excluding hydrogens is 469 g/mol. The molecule has 0 saturated heterocycles. The van der Waals surface area contributed by atoms with Crippen molar-refractivity contribution in [3.05, 3.63) is 104 Å². The molecule has 0 spiro atoms. The van der Waals surface area contributed by atoms with Crippen LogP contribution in [0.15, 0.2) is 69.1 Å². The normalized spacial score (nSPS) is 17.8. The number of fused-ring (bicyclic) bond motifs is 4. The maximum absolute atomic E-state index is 15.8. The van der Waals surface area contributed by atoms with E-state index in [-0.39, 0.29) is 0 Å². The van der Waals surface area contributed by atoms with Gasteiger partial charge in [-0.3, -0.25) is 0 Å². The van der Waals surface area contributed by atoms with Crippen LogP contribution in [-0.2, 0) is 6.42 Å². The number of aromatic nitrogens is 1. The molecule has 3 aliphatic rings. The Kier molecular flexibility index (Phi) is 5.13. The molecule has 2 aliphatic heterocycles. The van der Waals surface area contributed by atoms with Crippen LogP contribution in [0.4, 0.5) is 8.63 Å². The van der Waals surface area contributed by atoms with Gasteiger partial charge in [-0.25, -0.2) is 4.79 Å². The van der Waals surface area contributed by atoms with Gasteiger partial charge in [-0.2, -0.15) is 0 Å². The summed E-state index contributed by atoms with van der Waals surface area (Å²) < 4.78 is 39.5. The van der Waals surface area contributed by atoms with Gasteiger partial charge in [0.25, 0.3) is 0 Å². The molecule has 0 radical (unpaired) electrons. The average Bonchev–Trinajstić information content (AvgIpc) is 3.29. The molecule has 7 heteroatoms. The van der Waals surface area contributed by atoms with Crippen LogP contribution >= 0.6 is 0 Å². The summed E-state index contributed by atoms with van der Waals surface area (Å²) in [6.45, 7) is 3.05. The average molecular weight is 494 g/mol. The van der Waals surface area contributed by atoms with Crippen LogP contribution in [0.5, 0.6) is 0 Å². The van der Waals surface area contributed by atoms with Gasteiger partial charge in [0.05, 0.1) is 11.1 Å². The maximum Gasteiger partial charge on any atom is 0.737 e. The Labute approximate surface area is 213 Å². The van der Waals surface area contributed by atoms with E-state index in [0.29, 0.717) is 39.5 Å². The third-order valence-electron chi connectivity index (χ3n) is 7.37. The van der Waals surface area contributed by atoms with Gasteiger partial charge in [-0.15, -0.1) is 0 Å². The van der Waals surface area contributed by atoms with Crippen molar-refractivity contribution < 1.29 is 17.5 Å². The van der Waals surface area contributed by atoms with E-state index in [0.717, 1.165) is 49.5 Å². The summed E-state index contributed by atoms with van der Waals surface area (Å²) in [4.78, 5) is 12.9. The van der Waals surface area contributed by atoms with Crippen LogP contribution in [0.2, 0.25) is 0 Å². The molecule has 4 heterocycles. The molecule has 2 aromatic heterocycles. The smallest absolute Gasteiger partial charge is 0.422 e. The number of nitrogens with zero attached hydrogens (tertiary/aromatic N) is 2. The van der Waals surface area contributed by atoms with Crippen molar-refractivity contribution in [1.29, 1.82) is 0 Å². The van der Waals surface area contributed by atoms with E-state index in [1.54, 1.807) is 44.2 Å². The zero-order valence-electron chi connectivity index (χ0n) is 21.2. The molecule has 184 valence electrons. The van der Waals surface area contributed by atoms with Crippen LogP contribution < -0.4 is 5.63 Å². The minimum Gasteiger partial charge on any atom is -0.422 e. The van der Waals surface area contributed by atoms with Gasteiger partial charge in [0.15, 0.2) is 5.70 Å². The largest absolute Gasteiger partial charge is 0.737 e. The van der Waals surface area contributed by atoms with Crippen LogP contribution in [0.1, 0.15) is 53.9 Å². The highest BCUT2D eigenvalue weighted by Gasteiger charge is 2.54. The highest BCUT2D eigenvalue weighted by atomic mass is 19.2. The van der Waals surface area contributed by atoms with E-state index >= 15 is 8.63 Å². The second-order valence-electron chi connectivity index (χ2n) is 9.96. The minimum atomic E-state index is -4.04. The third-order valence-corrected chi connectivity index (χ3v) is 7.37. The summed E-state index contributed by atoms with van der Waals surface area (Å²) in [5, 5.41) is 0.804. The van der Waals surface area contributed by atoms with E-state index in [1.165, 1.54) is 0 Å². The number of hydrogen-bond donors (Lipinski definition) is 0. The van der Waals surface area contributed by atoms with Crippen molar-refractivity contribution in [2.45, 2.75) is 40.5 Å². The number of aryl methyl sites for hydroxylation is 3. The van der Waals surface area contributed by atoms with Crippen molar-refractivity contribution in [3.63, 3.8) is 0 Å². The molecular formula is C30H25BF2N2O2. The van der Waals surface area contributed by atoms with Gasteiger partial charge < -0.3 is 22.0 Å². The molecule has 6 rings (SSSR count). The Morgan fingerprint density at radius 3 is 2.73 bits per heavy atom. The van der Waals surface area contributed by atoms with Gasteiger partial charge in [-0.05, 0) is 92.9 Å². The zero-order chi connectivity index (χ0) is 26.1. The Bertz CT molecular complexity index is 1820. The van der Waals surface area contributed by atoms with Crippen molar-refractivity contribution in [3.8, 4) is 11.8 Å². The SMILES string of the molecule is CC1=CC(C)=[N+]2C1=C(C=Cc1cc3cc4c(cc3oc1=O)C#CC=CCC4)c1c(C)cc(C)n1[B-]2(F)F. The van der Waals surface area contributed by atoms with Crippen LogP contribution in [0, 0.1) is 25.7 Å². The molecule has 0 amide bonds.